The Bertz CT molecular complexity index is 1140. The minimum atomic E-state index is -4.63. The summed E-state index contributed by atoms with van der Waals surface area (Å²) in [6, 6.07) is 13.9. The van der Waals surface area contributed by atoms with Gasteiger partial charge in [0.15, 0.2) is 0 Å². The minimum Gasteiger partial charge on any atom is -0.726 e. The van der Waals surface area contributed by atoms with Crippen LogP contribution in [0.2, 0.25) is 0 Å². The van der Waals surface area contributed by atoms with Crippen LogP contribution in [0.25, 0.3) is 10.2 Å². The highest BCUT2D eigenvalue weighted by atomic mass is 32.3. The topological polar surface area (TPSA) is 98.3 Å². The number of aryl methyl sites for hydroxylation is 2. The predicted molar refractivity (Wildman–Crippen MR) is 112 cm³/mol. The Balaban J connectivity index is 1.67. The number of thiazole rings is 1. The quantitative estimate of drug-likeness (QED) is 0.177. The highest BCUT2D eigenvalue weighted by Gasteiger charge is 2.15. The number of azo groups is 1. The summed E-state index contributed by atoms with van der Waals surface area (Å²) in [5, 5.41) is 9.65. The van der Waals surface area contributed by atoms with E-state index in [0.29, 0.717) is 13.0 Å². The Hall–Kier alpha value is -2.40. The average molecular weight is 435 g/mol. The predicted octanol–water partition coefficient (Wildman–Crippen LogP) is 3.75. The third-order valence-corrected chi connectivity index (χ3v) is 6.00. The SMILES string of the molecule is Cc1cc(N(C)CCCOS(=O)(=O)[O-])ccc1N=Nc1sc2ccccc2[n+]1C. The van der Waals surface area contributed by atoms with Crippen molar-refractivity contribution in [1.82, 2.24) is 0 Å². The van der Waals surface area contributed by atoms with Gasteiger partial charge >= 0.3 is 5.13 Å². The maximum atomic E-state index is 10.5. The fourth-order valence-corrected chi connectivity index (χ4v) is 4.15. The first kappa shape index (κ1) is 21.3. The highest BCUT2D eigenvalue weighted by molar-refractivity contribution is 7.80. The molecule has 0 bridgehead atoms. The number of rotatable bonds is 8. The van der Waals surface area contributed by atoms with E-state index in [1.54, 1.807) is 11.3 Å². The fourth-order valence-electron chi connectivity index (χ4n) is 2.86. The smallest absolute Gasteiger partial charge is 0.409 e. The highest BCUT2D eigenvalue weighted by Crippen LogP contribution is 2.29. The summed E-state index contributed by atoms with van der Waals surface area (Å²) in [5.74, 6) is 0. The molecule has 8 nitrogen and oxygen atoms in total. The molecule has 0 unspecified atom stereocenters. The first-order chi connectivity index (χ1) is 13.7. The van der Waals surface area contributed by atoms with Crippen molar-refractivity contribution in [2.75, 3.05) is 25.1 Å². The van der Waals surface area contributed by atoms with Crippen molar-refractivity contribution in [3.05, 3.63) is 48.0 Å². The maximum absolute atomic E-state index is 10.5. The van der Waals surface area contributed by atoms with Gasteiger partial charge in [0.1, 0.15) is 11.2 Å². The van der Waals surface area contributed by atoms with Gasteiger partial charge in [-0.05, 0) is 65.7 Å². The molecule has 0 radical (unpaired) electrons. The van der Waals surface area contributed by atoms with Gasteiger partial charge in [-0.1, -0.05) is 12.1 Å². The number of hydrogen-bond acceptors (Lipinski definition) is 8. The standard InChI is InChI=1S/C19H22N4O4S2/c1-14-13-15(22(2)11-6-12-27-29(24,25)26)9-10-16(14)20-21-19-23(3)17-7-4-5-8-18(17)28-19/h4-5,7-10,13H,6,11-12H2,1-3H3. The van der Waals surface area contributed by atoms with Gasteiger partial charge in [-0.25, -0.2) is 13.0 Å². The summed E-state index contributed by atoms with van der Waals surface area (Å²) >= 11 is 1.59. The summed E-state index contributed by atoms with van der Waals surface area (Å²) in [7, 11) is -0.772. The molecule has 1 heterocycles. The van der Waals surface area contributed by atoms with Crippen LogP contribution in [0.5, 0.6) is 0 Å². The molecule has 2 aromatic carbocycles. The number of fused-ring (bicyclic) bond motifs is 1. The van der Waals surface area contributed by atoms with E-state index in [1.807, 2.05) is 60.8 Å². The van der Waals surface area contributed by atoms with Crippen LogP contribution >= 0.6 is 11.3 Å². The van der Waals surface area contributed by atoms with Crippen LogP contribution in [0.15, 0.2) is 52.7 Å². The van der Waals surface area contributed by atoms with Gasteiger partial charge < -0.3 is 9.45 Å². The summed E-state index contributed by atoms with van der Waals surface area (Å²) < 4.78 is 38.8. The van der Waals surface area contributed by atoms with Gasteiger partial charge in [-0.2, -0.15) is 0 Å². The van der Waals surface area contributed by atoms with Gasteiger partial charge in [0.25, 0.3) is 0 Å². The normalized spacial score (nSPS) is 12.1. The molecule has 0 aliphatic heterocycles. The van der Waals surface area contributed by atoms with Crippen LogP contribution in [-0.2, 0) is 21.6 Å². The van der Waals surface area contributed by atoms with Gasteiger partial charge in [0.05, 0.1) is 23.5 Å². The molecule has 0 saturated carbocycles. The van der Waals surface area contributed by atoms with Gasteiger partial charge in [-0.3, -0.25) is 4.18 Å². The lowest BCUT2D eigenvalue weighted by Crippen LogP contribution is -2.25. The van der Waals surface area contributed by atoms with Crippen LogP contribution in [0.4, 0.5) is 16.5 Å². The molecule has 10 heteroatoms. The van der Waals surface area contributed by atoms with Crippen molar-refractivity contribution >= 4 is 48.5 Å². The molecule has 3 rings (SSSR count). The molecular weight excluding hydrogens is 412 g/mol. The number of benzene rings is 2. The monoisotopic (exact) mass is 434 g/mol. The first-order valence-electron chi connectivity index (χ1n) is 8.96. The van der Waals surface area contributed by atoms with E-state index < -0.39 is 10.4 Å². The lowest BCUT2D eigenvalue weighted by atomic mass is 10.1. The molecule has 29 heavy (non-hydrogen) atoms. The molecule has 3 aromatic rings. The second-order valence-electron chi connectivity index (χ2n) is 6.59. The zero-order chi connectivity index (χ0) is 21.0. The number of hydrogen-bond donors (Lipinski definition) is 0. The van der Waals surface area contributed by atoms with Crippen LogP contribution in [0.1, 0.15) is 12.0 Å². The zero-order valence-electron chi connectivity index (χ0n) is 16.4. The van der Waals surface area contributed by atoms with E-state index in [4.69, 9.17) is 0 Å². The van der Waals surface area contributed by atoms with Crippen molar-refractivity contribution in [3.8, 4) is 0 Å². The second-order valence-corrected chi connectivity index (χ2v) is 8.65. The largest absolute Gasteiger partial charge is 0.726 e. The molecule has 0 aliphatic carbocycles. The van der Waals surface area contributed by atoms with Crippen molar-refractivity contribution in [1.29, 1.82) is 0 Å². The molecule has 0 atom stereocenters. The van der Waals surface area contributed by atoms with Gasteiger partial charge in [0.2, 0.25) is 10.4 Å². The lowest BCUT2D eigenvalue weighted by Gasteiger charge is -2.20. The average Bonchev–Trinajstić information content (AvgIpc) is 2.99. The minimum absolute atomic E-state index is 0.131. The summed E-state index contributed by atoms with van der Waals surface area (Å²) in [6.07, 6.45) is 0.418. The van der Waals surface area contributed by atoms with Crippen LogP contribution in [0, 0.1) is 6.92 Å². The van der Waals surface area contributed by atoms with Crippen molar-refractivity contribution in [2.45, 2.75) is 13.3 Å². The molecule has 0 fully saturated rings. The van der Waals surface area contributed by atoms with Gasteiger partial charge in [-0.15, -0.1) is 0 Å². The number of anilines is 1. The number of aromatic nitrogens is 1. The summed E-state index contributed by atoms with van der Waals surface area (Å²) in [6.45, 7) is 2.38. The van der Waals surface area contributed by atoms with Gasteiger partial charge in [0, 0.05) is 19.3 Å². The van der Waals surface area contributed by atoms with Crippen molar-refractivity contribution in [2.24, 2.45) is 17.3 Å². The molecule has 0 amide bonds. The van der Waals surface area contributed by atoms with Crippen molar-refractivity contribution in [3.63, 3.8) is 0 Å². The Morgan fingerprint density at radius 1 is 1.21 bits per heavy atom. The van der Waals surface area contributed by atoms with E-state index >= 15 is 0 Å². The van der Waals surface area contributed by atoms with Crippen LogP contribution in [-0.4, -0.2) is 33.2 Å². The molecule has 0 spiro atoms. The molecule has 1 aromatic heterocycles. The second kappa shape index (κ2) is 8.95. The van der Waals surface area contributed by atoms with E-state index in [0.717, 1.165) is 32.3 Å². The summed E-state index contributed by atoms with van der Waals surface area (Å²) in [4.78, 5) is 1.96. The molecule has 0 aliphatic rings. The Kier molecular flexibility index (Phi) is 6.58. The molecular formula is C19H22N4O4S2. The van der Waals surface area contributed by atoms with E-state index in [1.165, 1.54) is 0 Å². The lowest BCUT2D eigenvalue weighted by molar-refractivity contribution is -0.627. The van der Waals surface area contributed by atoms with E-state index in [-0.39, 0.29) is 6.61 Å². The Labute approximate surface area is 174 Å². The molecule has 0 saturated heterocycles. The third kappa shape index (κ3) is 5.57. The number of nitrogens with zero attached hydrogens (tertiary/aromatic N) is 4. The zero-order valence-corrected chi connectivity index (χ0v) is 18.0. The van der Waals surface area contributed by atoms with E-state index in [9.17, 15) is 13.0 Å². The Morgan fingerprint density at radius 2 is 1.97 bits per heavy atom. The van der Waals surface area contributed by atoms with Crippen molar-refractivity contribution < 1.29 is 21.7 Å². The van der Waals surface area contributed by atoms with Crippen LogP contribution < -0.4 is 9.47 Å². The fraction of sp³-hybridized carbons (Fsp3) is 0.316. The number of para-hydroxylation sites is 1. The Morgan fingerprint density at radius 3 is 2.66 bits per heavy atom. The molecule has 154 valence electrons. The summed E-state index contributed by atoms with van der Waals surface area (Å²) in [5.41, 5.74) is 3.83. The van der Waals surface area contributed by atoms with Crippen LogP contribution in [0.3, 0.4) is 0 Å². The third-order valence-electron chi connectivity index (χ3n) is 4.44. The first-order valence-corrected chi connectivity index (χ1v) is 11.1. The maximum Gasteiger partial charge on any atom is 0.409 e. The molecule has 0 N–H and O–H groups in total. The van der Waals surface area contributed by atoms with E-state index in [2.05, 4.69) is 26.5 Å².